The first-order chi connectivity index (χ1) is 8.61. The molecule has 1 N–H and O–H groups in total. The van der Waals surface area contributed by atoms with Crippen molar-refractivity contribution >= 4 is 23.4 Å². The lowest BCUT2D eigenvalue weighted by molar-refractivity contribution is -0.476. The van der Waals surface area contributed by atoms with E-state index in [1.54, 1.807) is 19.2 Å². The van der Waals surface area contributed by atoms with Crippen molar-refractivity contribution in [2.45, 2.75) is 23.6 Å². The Hall–Kier alpha value is -1.56. The van der Waals surface area contributed by atoms with Gasteiger partial charge in [0.05, 0.1) is 16.8 Å². The molecule has 6 heteroatoms. The van der Waals surface area contributed by atoms with Crippen molar-refractivity contribution in [2.24, 2.45) is 0 Å². The summed E-state index contributed by atoms with van der Waals surface area (Å²) in [5, 5.41) is 2.52. The molecule has 1 unspecified atom stereocenters. The van der Waals surface area contributed by atoms with Gasteiger partial charge in [0.1, 0.15) is 5.75 Å². The number of nitroso groups, excluding NO2 is 1. The van der Waals surface area contributed by atoms with Crippen LogP contribution in [0.3, 0.4) is 0 Å². The summed E-state index contributed by atoms with van der Waals surface area (Å²) >= 11 is 1.51. The third-order valence-corrected chi connectivity index (χ3v) is 3.97. The molecule has 1 aliphatic rings. The number of thioether (sulfide) groups is 1. The summed E-state index contributed by atoms with van der Waals surface area (Å²) in [7, 11) is 1.60. The van der Waals surface area contributed by atoms with Crippen LogP contribution in [0.4, 0.5) is 5.69 Å². The molecule has 96 valence electrons. The molecule has 1 heterocycles. The summed E-state index contributed by atoms with van der Waals surface area (Å²) in [6.45, 7) is 1.98. The molecule has 0 saturated carbocycles. The van der Waals surface area contributed by atoms with E-state index in [9.17, 15) is 9.70 Å². The standard InChI is InChI=1S/C12H14N2O3S/c1-8(15)13-6-5-12-14(16)10-4-3-9(17-2)7-11(10)18-12/h3-4,7,12H,5-6H2,1-2H3/p+1. The van der Waals surface area contributed by atoms with Crippen LogP contribution in [0, 0.1) is 4.91 Å². The minimum atomic E-state index is -0.182. The van der Waals surface area contributed by atoms with Crippen molar-refractivity contribution in [3.8, 4) is 5.75 Å². The smallest absolute Gasteiger partial charge is 0.271 e. The van der Waals surface area contributed by atoms with Crippen LogP contribution in [0.1, 0.15) is 13.3 Å². The lowest BCUT2D eigenvalue weighted by Crippen LogP contribution is -2.25. The van der Waals surface area contributed by atoms with Gasteiger partial charge in [0.15, 0.2) is 0 Å². The number of amides is 1. The van der Waals surface area contributed by atoms with Crippen LogP contribution in [0.15, 0.2) is 23.1 Å². The van der Waals surface area contributed by atoms with E-state index in [0.717, 1.165) is 15.4 Å². The summed E-state index contributed by atoms with van der Waals surface area (Å²) in [5.74, 6) is 0.673. The van der Waals surface area contributed by atoms with Crippen molar-refractivity contribution < 1.29 is 14.3 Å². The molecule has 1 aliphatic heterocycles. The predicted octanol–water partition coefficient (Wildman–Crippen LogP) is 2.06. The number of carbonyl (C=O) groups excluding carboxylic acids is 1. The Morgan fingerprint density at radius 1 is 1.56 bits per heavy atom. The topological polar surface area (TPSA) is 58.4 Å². The molecule has 1 aromatic rings. The number of carbonyl (C=O) groups is 1. The highest BCUT2D eigenvalue weighted by atomic mass is 32.2. The van der Waals surface area contributed by atoms with Crippen molar-refractivity contribution in [3.63, 3.8) is 0 Å². The van der Waals surface area contributed by atoms with Crippen molar-refractivity contribution in [1.29, 1.82) is 0 Å². The summed E-state index contributed by atoms with van der Waals surface area (Å²) in [6, 6.07) is 5.41. The van der Waals surface area contributed by atoms with Crippen LogP contribution in [-0.4, -0.2) is 29.7 Å². The fourth-order valence-corrected chi connectivity index (χ4v) is 3.00. The molecule has 0 fully saturated rings. The summed E-state index contributed by atoms with van der Waals surface area (Å²) in [6.07, 6.45) is 0.616. The van der Waals surface area contributed by atoms with Crippen LogP contribution in [0.25, 0.3) is 0 Å². The van der Waals surface area contributed by atoms with E-state index < -0.39 is 0 Å². The van der Waals surface area contributed by atoms with Gasteiger partial charge in [-0.2, -0.15) is 0 Å². The molecule has 0 aromatic heterocycles. The maximum Gasteiger partial charge on any atom is 0.271 e. The molecule has 0 aliphatic carbocycles. The largest absolute Gasteiger partial charge is 0.497 e. The minimum absolute atomic E-state index is 0.0744. The molecule has 1 aromatic carbocycles. The fourth-order valence-electron chi connectivity index (χ4n) is 1.80. The number of nitrogens with zero attached hydrogens (tertiary/aromatic N) is 1. The van der Waals surface area contributed by atoms with Gasteiger partial charge in [0.2, 0.25) is 5.91 Å². The second-order valence-corrected chi connectivity index (χ2v) is 5.22. The van der Waals surface area contributed by atoms with Crippen LogP contribution in [0.5, 0.6) is 5.75 Å². The van der Waals surface area contributed by atoms with Gasteiger partial charge in [0, 0.05) is 36.9 Å². The molecule has 0 saturated heterocycles. The number of rotatable bonds is 4. The quantitative estimate of drug-likeness (QED) is 0.848. The zero-order valence-corrected chi connectivity index (χ0v) is 11.1. The molecule has 0 bridgehead atoms. The highest BCUT2D eigenvalue weighted by Gasteiger charge is 2.39. The first kappa shape index (κ1) is 12.9. The van der Waals surface area contributed by atoms with E-state index in [4.69, 9.17) is 4.74 Å². The molecule has 2 rings (SSSR count). The van der Waals surface area contributed by atoms with Gasteiger partial charge in [0.25, 0.3) is 11.1 Å². The summed E-state index contributed by atoms with van der Waals surface area (Å²) in [4.78, 5) is 23.7. The number of methoxy groups -OCH3 is 1. The third-order valence-electron chi connectivity index (χ3n) is 2.69. The Balaban J connectivity index is 2.03. The Morgan fingerprint density at radius 2 is 2.33 bits per heavy atom. The zero-order chi connectivity index (χ0) is 13.1. The zero-order valence-electron chi connectivity index (χ0n) is 10.3. The SMILES string of the molecule is COc1ccc2c(c1)SC(CCNC(C)=O)[N+]2=O. The van der Waals surface area contributed by atoms with E-state index in [1.165, 1.54) is 18.7 Å². The lowest BCUT2D eigenvalue weighted by Gasteiger charge is -2.01. The normalized spacial score (nSPS) is 17.4. The highest BCUT2D eigenvalue weighted by molar-refractivity contribution is 8.00. The van der Waals surface area contributed by atoms with Crippen molar-refractivity contribution in [2.75, 3.05) is 13.7 Å². The average molecular weight is 267 g/mol. The molecular weight excluding hydrogens is 252 g/mol. The Labute approximate surface area is 109 Å². The van der Waals surface area contributed by atoms with Crippen LogP contribution >= 0.6 is 11.8 Å². The van der Waals surface area contributed by atoms with Gasteiger partial charge in [-0.3, -0.25) is 4.79 Å². The number of ether oxygens (including phenoxy) is 1. The van der Waals surface area contributed by atoms with Gasteiger partial charge in [-0.15, -0.1) is 0 Å². The highest BCUT2D eigenvalue weighted by Crippen LogP contribution is 2.44. The van der Waals surface area contributed by atoms with Crippen LogP contribution in [-0.2, 0) is 4.79 Å². The van der Waals surface area contributed by atoms with E-state index in [0.29, 0.717) is 18.7 Å². The van der Waals surface area contributed by atoms with E-state index in [-0.39, 0.29) is 11.3 Å². The molecule has 1 atom stereocenters. The number of hydrogen-bond donors (Lipinski definition) is 1. The third kappa shape index (κ3) is 2.64. The molecule has 0 radical (unpaired) electrons. The number of hydrogen-bond acceptors (Lipinski definition) is 4. The van der Waals surface area contributed by atoms with Gasteiger partial charge >= 0.3 is 0 Å². The molecule has 5 nitrogen and oxygen atoms in total. The lowest BCUT2D eigenvalue weighted by atomic mass is 10.3. The summed E-state index contributed by atoms with van der Waals surface area (Å²) in [5.41, 5.74) is 0.675. The monoisotopic (exact) mass is 267 g/mol. The van der Waals surface area contributed by atoms with Crippen LogP contribution in [0.2, 0.25) is 0 Å². The van der Waals surface area contributed by atoms with Gasteiger partial charge in [-0.05, 0) is 17.8 Å². The average Bonchev–Trinajstić information content (AvgIpc) is 2.65. The number of fused-ring (bicyclic) bond motifs is 1. The van der Waals surface area contributed by atoms with Crippen LogP contribution < -0.4 is 10.1 Å². The molecule has 0 spiro atoms. The van der Waals surface area contributed by atoms with E-state index in [2.05, 4.69) is 5.32 Å². The van der Waals surface area contributed by atoms with E-state index in [1.807, 2.05) is 6.07 Å². The Morgan fingerprint density at radius 3 is 3.00 bits per heavy atom. The molecule has 18 heavy (non-hydrogen) atoms. The van der Waals surface area contributed by atoms with Gasteiger partial charge in [-0.1, -0.05) is 0 Å². The fraction of sp³-hybridized carbons (Fsp3) is 0.417. The second kappa shape index (κ2) is 5.39. The number of benzene rings is 1. The predicted molar refractivity (Wildman–Crippen MR) is 69.2 cm³/mol. The van der Waals surface area contributed by atoms with Crippen molar-refractivity contribution in [1.82, 2.24) is 5.32 Å². The Bertz CT molecular complexity index is 490. The first-order valence-corrected chi connectivity index (χ1v) is 6.55. The maximum absolute atomic E-state index is 12.0. The second-order valence-electron chi connectivity index (χ2n) is 4.00. The Kier molecular flexibility index (Phi) is 3.86. The molecular formula is C12H15N2O3S+. The van der Waals surface area contributed by atoms with Gasteiger partial charge in [-0.25, -0.2) is 0 Å². The summed E-state index contributed by atoms with van der Waals surface area (Å²) < 4.78 is 6.13. The van der Waals surface area contributed by atoms with E-state index >= 15 is 0 Å². The minimum Gasteiger partial charge on any atom is -0.497 e. The van der Waals surface area contributed by atoms with Gasteiger partial charge < -0.3 is 10.1 Å². The number of nitrogens with one attached hydrogen (secondary N) is 1. The molecule has 1 amide bonds. The maximum atomic E-state index is 12.0. The first-order valence-electron chi connectivity index (χ1n) is 5.67. The van der Waals surface area contributed by atoms with Crippen molar-refractivity contribution in [3.05, 3.63) is 23.1 Å².